The van der Waals surface area contributed by atoms with Crippen molar-refractivity contribution >= 4 is 11.8 Å². The summed E-state index contributed by atoms with van der Waals surface area (Å²) >= 11 is 0. The van der Waals surface area contributed by atoms with E-state index in [1.165, 1.54) is 0 Å². The first-order valence-electron chi connectivity index (χ1n) is 7.16. The number of benzene rings is 1. The van der Waals surface area contributed by atoms with Gasteiger partial charge in [0.2, 0.25) is 11.8 Å². The summed E-state index contributed by atoms with van der Waals surface area (Å²) in [6, 6.07) is 9.83. The van der Waals surface area contributed by atoms with Crippen molar-refractivity contribution in [1.29, 1.82) is 0 Å². The summed E-state index contributed by atoms with van der Waals surface area (Å²) in [6.45, 7) is 2.13. The van der Waals surface area contributed by atoms with Gasteiger partial charge in [-0.25, -0.2) is 0 Å². The van der Waals surface area contributed by atoms with Gasteiger partial charge in [0.15, 0.2) is 0 Å². The summed E-state index contributed by atoms with van der Waals surface area (Å²) in [7, 11) is 0. The monoisotopic (exact) mass is 298 g/mol. The van der Waals surface area contributed by atoms with Crippen molar-refractivity contribution in [2.75, 3.05) is 6.61 Å². The maximum Gasteiger partial charge on any atom is 0.244 e. The van der Waals surface area contributed by atoms with Gasteiger partial charge >= 0.3 is 0 Å². The summed E-state index contributed by atoms with van der Waals surface area (Å²) in [5, 5.41) is 0. The van der Waals surface area contributed by atoms with Crippen LogP contribution >= 0.6 is 0 Å². The van der Waals surface area contributed by atoms with Crippen molar-refractivity contribution in [2.45, 2.75) is 19.3 Å². The van der Waals surface area contributed by atoms with Gasteiger partial charge in [-0.15, -0.1) is 0 Å². The fourth-order valence-corrected chi connectivity index (χ4v) is 3.16. The standard InChI is InChI=1S/C17H18N2O3/c1-17(16(19)21)8-11(15(18)20)7-12-13(9-22-14(12)17)10-5-3-2-4-6-10/h2-7,13H,8-9H2,1H3,(H2,18,20)(H2,19,21). The summed E-state index contributed by atoms with van der Waals surface area (Å²) in [5.74, 6) is -0.498. The number of amides is 2. The molecule has 22 heavy (non-hydrogen) atoms. The second-order valence-electron chi connectivity index (χ2n) is 5.97. The van der Waals surface area contributed by atoms with Gasteiger partial charge < -0.3 is 16.2 Å². The number of carbonyl (C=O) groups excluding carboxylic acids is 2. The molecule has 0 saturated heterocycles. The highest BCUT2D eigenvalue weighted by Gasteiger charge is 2.47. The molecular weight excluding hydrogens is 280 g/mol. The first-order chi connectivity index (χ1) is 10.4. The minimum absolute atomic E-state index is 0.0236. The molecule has 114 valence electrons. The molecule has 5 nitrogen and oxygen atoms in total. The van der Waals surface area contributed by atoms with Gasteiger partial charge in [0.25, 0.3) is 0 Å². The fourth-order valence-electron chi connectivity index (χ4n) is 3.16. The Morgan fingerprint density at radius 2 is 1.91 bits per heavy atom. The van der Waals surface area contributed by atoms with E-state index in [0.717, 1.165) is 11.1 Å². The topological polar surface area (TPSA) is 95.4 Å². The molecule has 2 atom stereocenters. The lowest BCUT2D eigenvalue weighted by atomic mass is 9.73. The third-order valence-corrected chi connectivity index (χ3v) is 4.47. The van der Waals surface area contributed by atoms with Gasteiger partial charge in [0.1, 0.15) is 11.2 Å². The molecule has 0 saturated carbocycles. The lowest BCUT2D eigenvalue weighted by Crippen LogP contribution is -2.40. The average molecular weight is 298 g/mol. The van der Waals surface area contributed by atoms with Crippen LogP contribution in [0.15, 0.2) is 53.3 Å². The van der Waals surface area contributed by atoms with Crippen LogP contribution in [-0.2, 0) is 14.3 Å². The lowest BCUT2D eigenvalue weighted by Gasteiger charge is -2.31. The number of carbonyl (C=O) groups is 2. The number of rotatable bonds is 3. The van der Waals surface area contributed by atoms with E-state index in [1.807, 2.05) is 30.3 Å². The van der Waals surface area contributed by atoms with E-state index in [-0.39, 0.29) is 12.3 Å². The summed E-state index contributed by atoms with van der Waals surface area (Å²) in [4.78, 5) is 23.6. The second-order valence-corrected chi connectivity index (χ2v) is 5.97. The minimum Gasteiger partial charge on any atom is -0.495 e. The van der Waals surface area contributed by atoms with Crippen LogP contribution in [0.5, 0.6) is 0 Å². The lowest BCUT2D eigenvalue weighted by molar-refractivity contribution is -0.126. The van der Waals surface area contributed by atoms with E-state index in [2.05, 4.69) is 0 Å². The Kier molecular flexibility index (Phi) is 3.28. The largest absolute Gasteiger partial charge is 0.495 e. The molecule has 5 heteroatoms. The molecule has 2 amide bonds. The van der Waals surface area contributed by atoms with Crippen LogP contribution in [0.1, 0.15) is 24.8 Å². The molecule has 2 unspecified atom stereocenters. The second kappa shape index (κ2) is 5.02. The highest BCUT2D eigenvalue weighted by molar-refractivity contribution is 5.96. The van der Waals surface area contributed by atoms with E-state index in [9.17, 15) is 9.59 Å². The van der Waals surface area contributed by atoms with Crippen molar-refractivity contribution in [3.05, 3.63) is 58.9 Å². The zero-order chi connectivity index (χ0) is 15.9. The predicted molar refractivity (Wildman–Crippen MR) is 81.4 cm³/mol. The van der Waals surface area contributed by atoms with Gasteiger partial charge in [-0.05, 0) is 25.0 Å². The van der Waals surface area contributed by atoms with Gasteiger partial charge in [-0.3, -0.25) is 9.59 Å². The molecule has 1 aromatic carbocycles. The molecule has 0 aromatic heterocycles. The molecule has 1 aliphatic carbocycles. The molecule has 1 heterocycles. The molecule has 0 spiro atoms. The number of allylic oxidation sites excluding steroid dienone is 1. The first kappa shape index (κ1) is 14.4. The maximum atomic E-state index is 12.0. The van der Waals surface area contributed by atoms with Gasteiger partial charge in [-0.2, -0.15) is 0 Å². The van der Waals surface area contributed by atoms with Gasteiger partial charge in [-0.1, -0.05) is 30.3 Å². The molecule has 1 aliphatic heterocycles. The molecule has 0 bridgehead atoms. The number of hydrogen-bond acceptors (Lipinski definition) is 3. The Bertz CT molecular complexity index is 706. The molecule has 0 fully saturated rings. The van der Waals surface area contributed by atoms with Gasteiger partial charge in [0.05, 0.1) is 6.61 Å². The Morgan fingerprint density at radius 3 is 2.50 bits per heavy atom. The molecule has 1 aromatic rings. The quantitative estimate of drug-likeness (QED) is 0.882. The molecule has 2 aliphatic rings. The van der Waals surface area contributed by atoms with E-state index >= 15 is 0 Å². The Balaban J connectivity index is 2.12. The van der Waals surface area contributed by atoms with Crippen LogP contribution in [0, 0.1) is 5.41 Å². The molecule has 4 N–H and O–H groups in total. The van der Waals surface area contributed by atoms with Crippen molar-refractivity contribution in [3.8, 4) is 0 Å². The Hall–Kier alpha value is -2.56. The van der Waals surface area contributed by atoms with Crippen molar-refractivity contribution in [3.63, 3.8) is 0 Å². The van der Waals surface area contributed by atoms with E-state index < -0.39 is 17.2 Å². The number of nitrogens with two attached hydrogens (primary N) is 2. The maximum absolute atomic E-state index is 12.0. The summed E-state index contributed by atoms with van der Waals surface area (Å²) in [5.41, 5.74) is 12.3. The van der Waals surface area contributed by atoms with E-state index in [4.69, 9.17) is 16.2 Å². The summed E-state index contributed by atoms with van der Waals surface area (Å²) in [6.07, 6.45) is 1.94. The fraction of sp³-hybridized carbons (Fsp3) is 0.294. The SMILES string of the molecule is CC1(C(N)=O)CC(C(N)=O)=CC2=C1OCC2c1ccccc1. The molecule has 3 rings (SSSR count). The van der Waals surface area contributed by atoms with Crippen LogP contribution in [0.25, 0.3) is 0 Å². The van der Waals surface area contributed by atoms with Crippen LogP contribution in [0.2, 0.25) is 0 Å². The first-order valence-corrected chi connectivity index (χ1v) is 7.16. The third-order valence-electron chi connectivity index (χ3n) is 4.47. The number of ether oxygens (including phenoxy) is 1. The Morgan fingerprint density at radius 1 is 1.23 bits per heavy atom. The third kappa shape index (κ3) is 2.09. The smallest absolute Gasteiger partial charge is 0.244 e. The minimum atomic E-state index is -1.03. The van der Waals surface area contributed by atoms with Crippen LogP contribution in [0.4, 0.5) is 0 Å². The number of primary amides is 2. The average Bonchev–Trinajstić information content (AvgIpc) is 2.92. The zero-order valence-electron chi connectivity index (χ0n) is 12.3. The molecular formula is C17H18N2O3. The van der Waals surface area contributed by atoms with Crippen LogP contribution in [-0.4, -0.2) is 18.4 Å². The highest BCUT2D eigenvalue weighted by atomic mass is 16.5. The van der Waals surface area contributed by atoms with E-state index in [0.29, 0.717) is 17.9 Å². The zero-order valence-corrected chi connectivity index (χ0v) is 12.3. The Labute approximate surface area is 128 Å². The van der Waals surface area contributed by atoms with E-state index in [1.54, 1.807) is 13.0 Å². The predicted octanol–water partition coefficient (Wildman–Crippen LogP) is 1.36. The van der Waals surface area contributed by atoms with Crippen LogP contribution < -0.4 is 11.5 Å². The number of hydrogen-bond donors (Lipinski definition) is 2. The highest BCUT2D eigenvalue weighted by Crippen LogP contribution is 2.48. The van der Waals surface area contributed by atoms with Crippen molar-refractivity contribution in [2.24, 2.45) is 16.9 Å². The normalized spacial score (nSPS) is 27.0. The summed E-state index contributed by atoms with van der Waals surface area (Å²) < 4.78 is 5.81. The van der Waals surface area contributed by atoms with Crippen molar-refractivity contribution < 1.29 is 14.3 Å². The van der Waals surface area contributed by atoms with Crippen molar-refractivity contribution in [1.82, 2.24) is 0 Å². The van der Waals surface area contributed by atoms with Crippen LogP contribution in [0.3, 0.4) is 0 Å². The van der Waals surface area contributed by atoms with Gasteiger partial charge in [0, 0.05) is 17.1 Å². The molecule has 0 radical (unpaired) electrons.